The molecule has 2 amide bonds. The molecule has 0 radical (unpaired) electrons. The largest absolute Gasteiger partial charge is 0.467 e. The summed E-state index contributed by atoms with van der Waals surface area (Å²) in [7, 11) is 0. The standard InChI is InChI=1S/C25H21FN4O3S/c26-17-9-7-16(8-10-17)15-34-25-28-20-6-2-1-5-19(20)23-29-24(32)21(30(23)25)11-12-22(31)27-14-18-4-3-13-33-18/h1-10,13,21H,11-12,14-15H2,(H,27,31). The minimum absolute atomic E-state index is 0.161. The molecule has 0 bridgehead atoms. The van der Waals surface area contributed by atoms with E-state index in [0.717, 1.165) is 16.8 Å². The van der Waals surface area contributed by atoms with Gasteiger partial charge < -0.3 is 9.73 Å². The van der Waals surface area contributed by atoms with Gasteiger partial charge in [-0.15, -0.1) is 0 Å². The van der Waals surface area contributed by atoms with Crippen molar-refractivity contribution in [2.24, 2.45) is 9.98 Å². The molecule has 34 heavy (non-hydrogen) atoms. The Kier molecular flexibility index (Phi) is 6.27. The summed E-state index contributed by atoms with van der Waals surface area (Å²) >= 11 is 1.45. The maximum absolute atomic E-state index is 13.3. The fourth-order valence-electron chi connectivity index (χ4n) is 3.86. The van der Waals surface area contributed by atoms with E-state index in [1.165, 1.54) is 23.9 Å². The fourth-order valence-corrected chi connectivity index (χ4v) is 4.86. The molecule has 3 heterocycles. The zero-order chi connectivity index (χ0) is 23.5. The van der Waals surface area contributed by atoms with Crippen molar-refractivity contribution in [3.8, 4) is 0 Å². The highest BCUT2D eigenvalue weighted by atomic mass is 32.2. The molecule has 0 aliphatic carbocycles. The number of hydrogen-bond donors (Lipinski definition) is 1. The molecule has 2 aliphatic rings. The van der Waals surface area contributed by atoms with E-state index < -0.39 is 6.04 Å². The molecule has 1 unspecified atom stereocenters. The van der Waals surface area contributed by atoms with Gasteiger partial charge in [0.2, 0.25) is 5.91 Å². The molecule has 0 saturated carbocycles. The van der Waals surface area contributed by atoms with E-state index in [0.29, 0.717) is 35.5 Å². The predicted molar refractivity (Wildman–Crippen MR) is 128 cm³/mol. The number of halogens is 1. The predicted octanol–water partition coefficient (Wildman–Crippen LogP) is 4.41. The normalized spacial score (nSPS) is 16.6. The van der Waals surface area contributed by atoms with Crippen molar-refractivity contribution in [3.05, 3.63) is 89.6 Å². The molecular weight excluding hydrogens is 455 g/mol. The summed E-state index contributed by atoms with van der Waals surface area (Å²) in [6.45, 7) is 0.295. The molecular formula is C25H21FN4O3S. The number of benzene rings is 2. The Labute approximate surface area is 199 Å². The lowest BCUT2D eigenvalue weighted by Crippen LogP contribution is -2.44. The molecule has 5 rings (SSSR count). The van der Waals surface area contributed by atoms with Gasteiger partial charge in [0.1, 0.15) is 23.5 Å². The minimum Gasteiger partial charge on any atom is -0.467 e. The van der Waals surface area contributed by atoms with Crippen molar-refractivity contribution in [2.75, 3.05) is 0 Å². The number of para-hydroxylation sites is 1. The van der Waals surface area contributed by atoms with E-state index in [9.17, 15) is 14.0 Å². The van der Waals surface area contributed by atoms with Crippen LogP contribution in [0, 0.1) is 5.82 Å². The first-order valence-electron chi connectivity index (χ1n) is 10.8. The molecule has 1 atom stereocenters. The number of aliphatic imine (C=N–C) groups is 2. The second kappa shape index (κ2) is 9.64. The van der Waals surface area contributed by atoms with E-state index in [4.69, 9.17) is 9.41 Å². The van der Waals surface area contributed by atoms with Crippen LogP contribution in [0.15, 0.2) is 81.3 Å². The summed E-state index contributed by atoms with van der Waals surface area (Å²) in [5, 5.41) is 3.44. The molecule has 172 valence electrons. The van der Waals surface area contributed by atoms with E-state index in [2.05, 4.69) is 10.3 Å². The zero-order valence-corrected chi connectivity index (χ0v) is 18.9. The van der Waals surface area contributed by atoms with Gasteiger partial charge in [0, 0.05) is 17.7 Å². The third-order valence-electron chi connectivity index (χ3n) is 5.57. The van der Waals surface area contributed by atoms with E-state index >= 15 is 0 Å². The summed E-state index contributed by atoms with van der Waals surface area (Å²) in [5.74, 6) is 1.01. The average Bonchev–Trinajstić information content (AvgIpc) is 3.48. The van der Waals surface area contributed by atoms with Crippen LogP contribution in [0.5, 0.6) is 0 Å². The molecule has 3 aromatic rings. The van der Waals surface area contributed by atoms with Crippen molar-refractivity contribution in [2.45, 2.75) is 31.2 Å². The highest BCUT2D eigenvalue weighted by Gasteiger charge is 2.41. The van der Waals surface area contributed by atoms with Crippen molar-refractivity contribution >= 4 is 40.3 Å². The number of carbonyl (C=O) groups excluding carboxylic acids is 2. The van der Waals surface area contributed by atoms with E-state index in [1.807, 2.05) is 29.2 Å². The molecule has 7 nitrogen and oxygen atoms in total. The summed E-state index contributed by atoms with van der Waals surface area (Å²) in [4.78, 5) is 36.2. The SMILES string of the molecule is O=C(CCC1C(=O)N=C2c3ccccc3N=C(SCc3ccc(F)cc3)N21)NCc1ccco1. The maximum Gasteiger partial charge on any atom is 0.270 e. The number of carbonyl (C=O) groups is 2. The number of nitrogens with zero attached hydrogens (tertiary/aromatic N) is 3. The Bertz CT molecular complexity index is 1270. The molecule has 0 saturated heterocycles. The van der Waals surface area contributed by atoms with Crippen molar-refractivity contribution in [1.82, 2.24) is 10.2 Å². The summed E-state index contributed by atoms with van der Waals surface area (Å²) in [5.41, 5.74) is 2.46. The summed E-state index contributed by atoms with van der Waals surface area (Å²) in [6, 6.07) is 16.8. The Morgan fingerprint density at radius 2 is 1.91 bits per heavy atom. The molecule has 0 fully saturated rings. The summed E-state index contributed by atoms with van der Waals surface area (Å²) in [6.07, 6.45) is 2.01. The summed E-state index contributed by atoms with van der Waals surface area (Å²) < 4.78 is 18.5. The minimum atomic E-state index is -0.614. The van der Waals surface area contributed by atoms with Crippen LogP contribution in [0.1, 0.15) is 29.7 Å². The van der Waals surface area contributed by atoms with Crippen LogP contribution in [-0.2, 0) is 21.9 Å². The molecule has 2 aliphatic heterocycles. The number of hydrogen-bond acceptors (Lipinski definition) is 6. The van der Waals surface area contributed by atoms with Crippen molar-refractivity contribution in [3.63, 3.8) is 0 Å². The van der Waals surface area contributed by atoms with Gasteiger partial charge in [-0.1, -0.05) is 36.0 Å². The first-order chi connectivity index (χ1) is 16.6. The molecule has 0 spiro atoms. The second-order valence-electron chi connectivity index (χ2n) is 7.88. The third kappa shape index (κ3) is 4.65. The van der Waals surface area contributed by atoms with E-state index in [1.54, 1.807) is 30.5 Å². The Morgan fingerprint density at radius 1 is 1.09 bits per heavy atom. The number of fused-ring (bicyclic) bond motifs is 3. The number of nitrogens with one attached hydrogen (secondary N) is 1. The van der Waals surface area contributed by atoms with Gasteiger partial charge in [-0.2, -0.15) is 4.99 Å². The van der Waals surface area contributed by atoms with Gasteiger partial charge in [-0.3, -0.25) is 14.5 Å². The van der Waals surface area contributed by atoms with Crippen LogP contribution in [-0.4, -0.2) is 33.8 Å². The first kappa shape index (κ1) is 22.1. The quantitative estimate of drug-likeness (QED) is 0.546. The number of thioether (sulfide) groups is 1. The van der Waals surface area contributed by atoms with Gasteiger partial charge in [-0.25, -0.2) is 9.38 Å². The fraction of sp³-hybridized carbons (Fsp3) is 0.200. The highest BCUT2D eigenvalue weighted by Crippen LogP contribution is 2.36. The Hall–Kier alpha value is -3.72. The molecule has 9 heteroatoms. The van der Waals surface area contributed by atoms with Crippen LogP contribution in [0.4, 0.5) is 10.1 Å². The number of amides is 2. The van der Waals surface area contributed by atoms with Gasteiger partial charge >= 0.3 is 0 Å². The van der Waals surface area contributed by atoms with Gasteiger partial charge in [0.25, 0.3) is 5.91 Å². The lowest BCUT2D eigenvalue weighted by molar-refractivity contribution is -0.122. The number of furan rings is 1. The van der Waals surface area contributed by atoms with Gasteiger partial charge in [0.05, 0.1) is 18.5 Å². The smallest absolute Gasteiger partial charge is 0.270 e. The Balaban J connectivity index is 1.32. The van der Waals surface area contributed by atoms with Crippen molar-refractivity contribution < 1.29 is 18.4 Å². The van der Waals surface area contributed by atoms with Crippen LogP contribution >= 0.6 is 11.8 Å². The van der Waals surface area contributed by atoms with Crippen molar-refractivity contribution in [1.29, 1.82) is 0 Å². The monoisotopic (exact) mass is 476 g/mol. The molecule has 1 aromatic heterocycles. The van der Waals surface area contributed by atoms with Crippen LogP contribution in [0.3, 0.4) is 0 Å². The lowest BCUT2D eigenvalue weighted by Gasteiger charge is -2.31. The maximum atomic E-state index is 13.3. The molecule has 2 aromatic carbocycles. The van der Waals surface area contributed by atoms with Crippen LogP contribution in [0.2, 0.25) is 0 Å². The van der Waals surface area contributed by atoms with Gasteiger partial charge in [-0.05, 0) is 48.4 Å². The number of rotatable bonds is 7. The number of amidine groups is 2. The Morgan fingerprint density at radius 3 is 2.71 bits per heavy atom. The van der Waals surface area contributed by atoms with E-state index in [-0.39, 0.29) is 24.1 Å². The topological polar surface area (TPSA) is 87.3 Å². The average molecular weight is 477 g/mol. The lowest BCUT2D eigenvalue weighted by atomic mass is 10.1. The molecule has 1 N–H and O–H groups in total. The first-order valence-corrected chi connectivity index (χ1v) is 11.8. The zero-order valence-electron chi connectivity index (χ0n) is 18.1. The van der Waals surface area contributed by atoms with Crippen LogP contribution < -0.4 is 5.32 Å². The van der Waals surface area contributed by atoms with Gasteiger partial charge in [0.15, 0.2) is 5.17 Å². The highest BCUT2D eigenvalue weighted by molar-refractivity contribution is 8.13. The van der Waals surface area contributed by atoms with Crippen LogP contribution in [0.25, 0.3) is 0 Å². The third-order valence-corrected chi connectivity index (χ3v) is 6.60. The second-order valence-corrected chi connectivity index (χ2v) is 8.82.